The van der Waals surface area contributed by atoms with E-state index < -0.39 is 0 Å². The van der Waals surface area contributed by atoms with Gasteiger partial charge < -0.3 is 16.4 Å². The molecule has 5 heteroatoms. The second-order valence-corrected chi connectivity index (χ2v) is 6.51. The Kier molecular flexibility index (Phi) is 8.35. The van der Waals surface area contributed by atoms with Crippen LogP contribution in [0.5, 0.6) is 0 Å². The Labute approximate surface area is 128 Å². The molecule has 1 rings (SSSR count). The lowest BCUT2D eigenvalue weighted by Crippen LogP contribution is -2.46. The van der Waals surface area contributed by atoms with Crippen LogP contribution in [-0.4, -0.2) is 30.9 Å². The standard InChI is InChI=1S/C16H31N3O2/c1-12(2)10-16(21)18-9-8-15(20)19-14(11-17)13-6-4-3-5-7-13/h12-14H,3-11,17H2,1-2H3,(H,18,21)(H,19,20). The highest BCUT2D eigenvalue weighted by Crippen LogP contribution is 2.26. The van der Waals surface area contributed by atoms with Crippen LogP contribution in [0.4, 0.5) is 0 Å². The first-order chi connectivity index (χ1) is 10.0. The van der Waals surface area contributed by atoms with Gasteiger partial charge in [-0.2, -0.15) is 0 Å². The van der Waals surface area contributed by atoms with Gasteiger partial charge in [0.1, 0.15) is 0 Å². The Morgan fingerprint density at radius 3 is 2.38 bits per heavy atom. The largest absolute Gasteiger partial charge is 0.356 e. The van der Waals surface area contributed by atoms with Gasteiger partial charge in [0.2, 0.25) is 11.8 Å². The summed E-state index contributed by atoms with van der Waals surface area (Å²) in [6.07, 6.45) is 6.93. The highest BCUT2D eigenvalue weighted by molar-refractivity contribution is 5.79. The molecule has 1 aliphatic carbocycles. The van der Waals surface area contributed by atoms with Gasteiger partial charge in [0.05, 0.1) is 0 Å². The molecule has 1 aliphatic rings. The van der Waals surface area contributed by atoms with Crippen LogP contribution >= 0.6 is 0 Å². The Morgan fingerprint density at radius 1 is 1.14 bits per heavy atom. The van der Waals surface area contributed by atoms with Crippen LogP contribution in [0.3, 0.4) is 0 Å². The molecule has 0 heterocycles. The maximum atomic E-state index is 11.9. The van der Waals surface area contributed by atoms with Crippen molar-refractivity contribution in [1.82, 2.24) is 10.6 Å². The number of hydrogen-bond acceptors (Lipinski definition) is 3. The van der Waals surface area contributed by atoms with Crippen LogP contribution < -0.4 is 16.4 Å². The molecule has 4 N–H and O–H groups in total. The van der Waals surface area contributed by atoms with Gasteiger partial charge in [-0.25, -0.2) is 0 Å². The number of nitrogens with one attached hydrogen (secondary N) is 2. The van der Waals surface area contributed by atoms with E-state index in [2.05, 4.69) is 10.6 Å². The van der Waals surface area contributed by atoms with Gasteiger partial charge in [-0.05, 0) is 24.7 Å². The van der Waals surface area contributed by atoms with Gasteiger partial charge in [-0.3, -0.25) is 9.59 Å². The number of carbonyl (C=O) groups is 2. The molecule has 0 bridgehead atoms. The summed E-state index contributed by atoms with van der Waals surface area (Å²) in [7, 11) is 0. The zero-order valence-electron chi connectivity index (χ0n) is 13.5. The topological polar surface area (TPSA) is 84.2 Å². The predicted molar refractivity (Wildman–Crippen MR) is 84.6 cm³/mol. The molecule has 0 saturated heterocycles. The van der Waals surface area contributed by atoms with Crippen molar-refractivity contribution < 1.29 is 9.59 Å². The van der Waals surface area contributed by atoms with E-state index in [9.17, 15) is 9.59 Å². The van der Waals surface area contributed by atoms with Crippen LogP contribution in [0.1, 0.15) is 58.8 Å². The van der Waals surface area contributed by atoms with Gasteiger partial charge in [-0.15, -0.1) is 0 Å². The van der Waals surface area contributed by atoms with Crippen LogP contribution in [-0.2, 0) is 9.59 Å². The maximum Gasteiger partial charge on any atom is 0.222 e. The second-order valence-electron chi connectivity index (χ2n) is 6.51. The molecule has 0 aromatic rings. The van der Waals surface area contributed by atoms with Crippen molar-refractivity contribution >= 4 is 11.8 Å². The van der Waals surface area contributed by atoms with Crippen LogP contribution in [0, 0.1) is 11.8 Å². The monoisotopic (exact) mass is 297 g/mol. The predicted octanol–water partition coefficient (Wildman–Crippen LogP) is 1.56. The first kappa shape index (κ1) is 18.0. The average molecular weight is 297 g/mol. The van der Waals surface area contributed by atoms with Gasteiger partial charge in [0.15, 0.2) is 0 Å². The molecule has 21 heavy (non-hydrogen) atoms. The van der Waals surface area contributed by atoms with E-state index in [4.69, 9.17) is 5.73 Å². The van der Waals surface area contributed by atoms with E-state index in [0.717, 1.165) is 12.8 Å². The summed E-state index contributed by atoms with van der Waals surface area (Å²) < 4.78 is 0. The fourth-order valence-corrected chi connectivity index (χ4v) is 2.94. The van der Waals surface area contributed by atoms with Crippen molar-refractivity contribution in [2.24, 2.45) is 17.6 Å². The third kappa shape index (κ3) is 7.46. The third-order valence-corrected chi connectivity index (χ3v) is 4.09. The summed E-state index contributed by atoms with van der Waals surface area (Å²) >= 11 is 0. The molecular weight excluding hydrogens is 266 g/mol. The van der Waals surface area contributed by atoms with Gasteiger partial charge in [0.25, 0.3) is 0 Å². The lowest BCUT2D eigenvalue weighted by atomic mass is 9.84. The summed E-state index contributed by atoms with van der Waals surface area (Å²) in [5, 5.41) is 5.82. The molecule has 122 valence electrons. The highest BCUT2D eigenvalue weighted by Gasteiger charge is 2.23. The Balaban J connectivity index is 2.23. The third-order valence-electron chi connectivity index (χ3n) is 4.09. The quantitative estimate of drug-likeness (QED) is 0.635. The fourth-order valence-electron chi connectivity index (χ4n) is 2.94. The van der Waals surface area contributed by atoms with Crippen molar-refractivity contribution in [3.63, 3.8) is 0 Å². The molecular formula is C16H31N3O2. The minimum atomic E-state index is -0.0131. The van der Waals surface area contributed by atoms with E-state index in [1.807, 2.05) is 13.8 Å². The minimum absolute atomic E-state index is 0.0131. The van der Waals surface area contributed by atoms with Crippen LogP contribution in [0.25, 0.3) is 0 Å². The van der Waals surface area contributed by atoms with Gasteiger partial charge in [-0.1, -0.05) is 33.1 Å². The molecule has 0 spiro atoms. The van der Waals surface area contributed by atoms with Crippen molar-refractivity contribution in [2.45, 2.75) is 64.8 Å². The van der Waals surface area contributed by atoms with Crippen molar-refractivity contribution in [3.05, 3.63) is 0 Å². The van der Waals surface area contributed by atoms with Crippen molar-refractivity contribution in [1.29, 1.82) is 0 Å². The maximum absolute atomic E-state index is 11.9. The number of carbonyl (C=O) groups excluding carboxylic acids is 2. The van der Waals surface area contributed by atoms with E-state index in [-0.39, 0.29) is 17.9 Å². The molecule has 5 nitrogen and oxygen atoms in total. The second kappa shape index (κ2) is 9.77. The molecule has 0 radical (unpaired) electrons. The Bertz CT molecular complexity index is 325. The van der Waals surface area contributed by atoms with Crippen molar-refractivity contribution in [3.8, 4) is 0 Å². The van der Waals surface area contributed by atoms with E-state index in [1.54, 1.807) is 0 Å². The molecule has 1 unspecified atom stereocenters. The number of rotatable bonds is 8. The summed E-state index contributed by atoms with van der Waals surface area (Å²) in [6.45, 7) is 4.90. The first-order valence-electron chi connectivity index (χ1n) is 8.29. The zero-order chi connectivity index (χ0) is 15.7. The zero-order valence-corrected chi connectivity index (χ0v) is 13.5. The van der Waals surface area contributed by atoms with E-state index >= 15 is 0 Å². The number of hydrogen-bond donors (Lipinski definition) is 3. The first-order valence-corrected chi connectivity index (χ1v) is 8.29. The highest BCUT2D eigenvalue weighted by atomic mass is 16.2. The molecule has 2 amide bonds. The fraction of sp³-hybridized carbons (Fsp3) is 0.875. The van der Waals surface area contributed by atoms with E-state index in [1.165, 1.54) is 19.3 Å². The lowest BCUT2D eigenvalue weighted by Gasteiger charge is -2.30. The number of nitrogens with two attached hydrogens (primary N) is 1. The SMILES string of the molecule is CC(C)CC(=O)NCCC(=O)NC(CN)C1CCCCC1. The molecule has 0 aromatic carbocycles. The number of amides is 2. The molecule has 1 saturated carbocycles. The molecule has 0 aliphatic heterocycles. The summed E-state index contributed by atoms with van der Waals surface area (Å²) in [4.78, 5) is 23.4. The van der Waals surface area contributed by atoms with Crippen LogP contribution in [0.2, 0.25) is 0 Å². The van der Waals surface area contributed by atoms with E-state index in [0.29, 0.717) is 37.8 Å². The summed E-state index contributed by atoms with van der Waals surface area (Å²) in [5.41, 5.74) is 5.80. The van der Waals surface area contributed by atoms with Gasteiger partial charge >= 0.3 is 0 Å². The lowest BCUT2D eigenvalue weighted by molar-refractivity contribution is -0.123. The van der Waals surface area contributed by atoms with Gasteiger partial charge in [0, 0.05) is 32.0 Å². The summed E-state index contributed by atoms with van der Waals surface area (Å²) in [5.74, 6) is 0.858. The molecule has 1 fully saturated rings. The average Bonchev–Trinajstić information content (AvgIpc) is 2.45. The Hall–Kier alpha value is -1.10. The minimum Gasteiger partial charge on any atom is -0.356 e. The van der Waals surface area contributed by atoms with Crippen LogP contribution in [0.15, 0.2) is 0 Å². The Morgan fingerprint density at radius 2 is 1.81 bits per heavy atom. The summed E-state index contributed by atoms with van der Waals surface area (Å²) in [6, 6.07) is 0.0872. The van der Waals surface area contributed by atoms with Crippen molar-refractivity contribution in [2.75, 3.05) is 13.1 Å². The molecule has 1 atom stereocenters. The smallest absolute Gasteiger partial charge is 0.222 e. The molecule has 0 aromatic heterocycles. The normalized spacial score (nSPS) is 17.5.